The van der Waals surface area contributed by atoms with Crippen LogP contribution in [0.1, 0.15) is 49.1 Å². The summed E-state index contributed by atoms with van der Waals surface area (Å²) >= 11 is 4.64. The minimum atomic E-state index is -2.16. The molecular formula is C20H21Br2N2O3S-. The standard InChI is InChI=1S/C20H22Br2N2O3S/c21-16-7-8-19(23-11-16)24-20(25)17(9-13-3-1-2-4-13)14-5-6-15(12-28(26)27)18(22)10-14/h5-8,10-11,13,17H,1-4,9,12H2,(H,26,27)(H,23,24,25)/p-1. The second-order valence-electron chi connectivity index (χ2n) is 7.09. The van der Waals surface area contributed by atoms with E-state index in [2.05, 4.69) is 42.2 Å². The first-order valence-corrected chi connectivity index (χ1v) is 12.0. The molecule has 2 unspecified atom stereocenters. The Bertz CT molecular complexity index is 855. The van der Waals surface area contributed by atoms with E-state index in [4.69, 9.17) is 0 Å². The van der Waals surface area contributed by atoms with Crippen molar-refractivity contribution in [2.75, 3.05) is 5.32 Å². The first-order valence-electron chi connectivity index (χ1n) is 9.19. The van der Waals surface area contributed by atoms with E-state index < -0.39 is 11.1 Å². The number of nitrogens with one attached hydrogen (secondary N) is 1. The largest absolute Gasteiger partial charge is 0.772 e. The van der Waals surface area contributed by atoms with Gasteiger partial charge in [0, 0.05) is 20.9 Å². The Morgan fingerprint density at radius 2 is 2.00 bits per heavy atom. The van der Waals surface area contributed by atoms with Gasteiger partial charge in [-0.3, -0.25) is 9.00 Å². The second-order valence-corrected chi connectivity index (χ2v) is 9.75. The predicted octanol–water partition coefficient (Wildman–Crippen LogP) is 5.29. The number of rotatable bonds is 7. The summed E-state index contributed by atoms with van der Waals surface area (Å²) < 4.78 is 23.6. The Labute approximate surface area is 184 Å². The average molecular weight is 529 g/mol. The molecule has 2 aromatic rings. The number of halogens is 2. The van der Waals surface area contributed by atoms with Gasteiger partial charge in [0.25, 0.3) is 0 Å². The van der Waals surface area contributed by atoms with Crippen molar-refractivity contribution in [3.05, 3.63) is 56.6 Å². The van der Waals surface area contributed by atoms with Crippen LogP contribution >= 0.6 is 31.9 Å². The van der Waals surface area contributed by atoms with Crippen LogP contribution in [0, 0.1) is 5.92 Å². The van der Waals surface area contributed by atoms with E-state index in [1.807, 2.05) is 18.2 Å². The molecule has 3 rings (SSSR count). The lowest BCUT2D eigenvalue weighted by Crippen LogP contribution is -2.23. The zero-order chi connectivity index (χ0) is 20.1. The van der Waals surface area contributed by atoms with Crippen molar-refractivity contribution < 1.29 is 13.6 Å². The van der Waals surface area contributed by atoms with Crippen molar-refractivity contribution in [2.24, 2.45) is 5.92 Å². The summed E-state index contributed by atoms with van der Waals surface area (Å²) in [5, 5.41) is 2.92. The van der Waals surface area contributed by atoms with Gasteiger partial charge in [0.1, 0.15) is 5.82 Å². The summed E-state index contributed by atoms with van der Waals surface area (Å²) in [5.41, 5.74) is 1.57. The Morgan fingerprint density at radius 3 is 2.61 bits per heavy atom. The first-order chi connectivity index (χ1) is 13.4. The molecule has 0 radical (unpaired) electrons. The lowest BCUT2D eigenvalue weighted by Gasteiger charge is -2.21. The highest BCUT2D eigenvalue weighted by Gasteiger charge is 2.27. The van der Waals surface area contributed by atoms with E-state index in [9.17, 15) is 13.6 Å². The third-order valence-electron chi connectivity index (χ3n) is 5.09. The maximum atomic E-state index is 13.1. The van der Waals surface area contributed by atoms with Crippen LogP contribution in [0.3, 0.4) is 0 Å². The van der Waals surface area contributed by atoms with Gasteiger partial charge in [-0.05, 0) is 57.6 Å². The fraction of sp³-hybridized carbons (Fsp3) is 0.400. The summed E-state index contributed by atoms with van der Waals surface area (Å²) in [6.07, 6.45) is 7.15. The van der Waals surface area contributed by atoms with Gasteiger partial charge in [-0.15, -0.1) is 0 Å². The van der Waals surface area contributed by atoms with Crippen LogP contribution in [0.2, 0.25) is 0 Å². The summed E-state index contributed by atoms with van der Waals surface area (Å²) in [7, 11) is 0. The lowest BCUT2D eigenvalue weighted by molar-refractivity contribution is -0.118. The Kier molecular flexibility index (Phi) is 7.79. The molecule has 8 heteroatoms. The molecule has 0 saturated heterocycles. The van der Waals surface area contributed by atoms with Crippen LogP contribution in [-0.4, -0.2) is 19.7 Å². The zero-order valence-corrected chi connectivity index (χ0v) is 19.2. The van der Waals surface area contributed by atoms with E-state index >= 15 is 0 Å². The molecular weight excluding hydrogens is 508 g/mol. The quantitative estimate of drug-likeness (QED) is 0.495. The third-order valence-corrected chi connectivity index (χ3v) is 6.85. The number of benzene rings is 1. The van der Waals surface area contributed by atoms with Gasteiger partial charge in [0.05, 0.1) is 5.92 Å². The average Bonchev–Trinajstić information content (AvgIpc) is 3.16. The zero-order valence-electron chi connectivity index (χ0n) is 15.2. The number of hydrogen-bond donors (Lipinski definition) is 1. The molecule has 1 fully saturated rings. The molecule has 28 heavy (non-hydrogen) atoms. The highest BCUT2D eigenvalue weighted by atomic mass is 79.9. The predicted molar refractivity (Wildman–Crippen MR) is 117 cm³/mol. The van der Waals surface area contributed by atoms with Crippen LogP contribution in [-0.2, 0) is 21.6 Å². The maximum Gasteiger partial charge on any atom is 0.233 e. The second kappa shape index (κ2) is 10.1. The number of amides is 1. The van der Waals surface area contributed by atoms with E-state index in [1.54, 1.807) is 18.3 Å². The molecule has 1 aromatic carbocycles. The van der Waals surface area contributed by atoms with Crippen molar-refractivity contribution >= 4 is 54.7 Å². The van der Waals surface area contributed by atoms with Crippen LogP contribution < -0.4 is 5.32 Å². The monoisotopic (exact) mass is 527 g/mol. The van der Waals surface area contributed by atoms with E-state index in [1.165, 1.54) is 12.8 Å². The van der Waals surface area contributed by atoms with Crippen LogP contribution in [0.5, 0.6) is 0 Å². The number of pyridine rings is 1. The van der Waals surface area contributed by atoms with Gasteiger partial charge in [-0.2, -0.15) is 0 Å². The molecule has 0 bridgehead atoms. The summed E-state index contributed by atoms with van der Waals surface area (Å²) in [4.78, 5) is 17.3. The van der Waals surface area contributed by atoms with Crippen LogP contribution in [0.25, 0.3) is 0 Å². The van der Waals surface area contributed by atoms with Crippen LogP contribution in [0.4, 0.5) is 5.82 Å². The molecule has 2 atom stereocenters. The topological polar surface area (TPSA) is 82.1 Å². The number of anilines is 1. The van der Waals surface area contributed by atoms with Crippen molar-refractivity contribution in [3.63, 3.8) is 0 Å². The molecule has 0 aliphatic heterocycles. The summed E-state index contributed by atoms with van der Waals surface area (Å²) in [5.74, 6) is 0.595. The minimum absolute atomic E-state index is 0.0524. The molecule has 1 heterocycles. The normalized spacial score (nSPS) is 16.7. The van der Waals surface area contributed by atoms with E-state index in [0.717, 1.165) is 29.3 Å². The van der Waals surface area contributed by atoms with Crippen molar-refractivity contribution in [1.29, 1.82) is 0 Å². The minimum Gasteiger partial charge on any atom is -0.772 e. The maximum absolute atomic E-state index is 13.1. The highest BCUT2D eigenvalue weighted by molar-refractivity contribution is 9.10. The molecule has 1 aliphatic carbocycles. The fourth-order valence-electron chi connectivity index (χ4n) is 3.66. The SMILES string of the molecule is O=C(Nc1ccc(Br)cn1)C(CC1CCCC1)c1ccc(CS(=O)[O-])c(Br)c1. The number of nitrogens with zero attached hydrogens (tertiary/aromatic N) is 1. The Balaban J connectivity index is 1.83. The smallest absolute Gasteiger partial charge is 0.233 e. The van der Waals surface area contributed by atoms with Gasteiger partial charge >= 0.3 is 0 Å². The number of hydrogen-bond acceptors (Lipinski definition) is 4. The summed E-state index contributed by atoms with van der Waals surface area (Å²) in [6.45, 7) is 0. The number of aromatic nitrogens is 1. The molecule has 150 valence electrons. The molecule has 1 aliphatic rings. The molecule has 1 amide bonds. The molecule has 5 nitrogen and oxygen atoms in total. The fourth-order valence-corrected chi connectivity index (χ4v) is 5.12. The van der Waals surface area contributed by atoms with E-state index in [-0.39, 0.29) is 17.6 Å². The van der Waals surface area contributed by atoms with Gasteiger partial charge in [-0.25, -0.2) is 4.98 Å². The van der Waals surface area contributed by atoms with Crippen LogP contribution in [0.15, 0.2) is 45.5 Å². The number of carbonyl (C=O) groups excluding carboxylic acids is 1. The van der Waals surface area contributed by atoms with Crippen molar-refractivity contribution in [2.45, 2.75) is 43.8 Å². The Morgan fingerprint density at radius 1 is 1.25 bits per heavy atom. The first kappa shape index (κ1) is 21.6. The van der Waals surface area contributed by atoms with Crippen molar-refractivity contribution in [1.82, 2.24) is 4.98 Å². The number of carbonyl (C=O) groups is 1. The molecule has 1 saturated carbocycles. The summed E-state index contributed by atoms with van der Waals surface area (Å²) in [6, 6.07) is 9.11. The highest BCUT2D eigenvalue weighted by Crippen LogP contribution is 2.36. The molecule has 1 aromatic heterocycles. The third kappa shape index (κ3) is 5.95. The van der Waals surface area contributed by atoms with Gasteiger partial charge in [0.2, 0.25) is 5.91 Å². The Hall–Kier alpha value is -1.09. The van der Waals surface area contributed by atoms with Crippen molar-refractivity contribution in [3.8, 4) is 0 Å². The van der Waals surface area contributed by atoms with Gasteiger partial charge in [0.15, 0.2) is 0 Å². The molecule has 0 spiro atoms. The molecule has 1 N–H and O–H groups in total. The van der Waals surface area contributed by atoms with Gasteiger partial charge in [-0.1, -0.05) is 64.8 Å². The lowest BCUT2D eigenvalue weighted by atomic mass is 9.87. The van der Waals surface area contributed by atoms with E-state index in [0.29, 0.717) is 21.8 Å². The van der Waals surface area contributed by atoms with Gasteiger partial charge < -0.3 is 9.87 Å².